The number of benzene rings is 2. The second-order valence-corrected chi connectivity index (χ2v) is 6.11. The minimum absolute atomic E-state index is 0.103. The van der Waals surface area contributed by atoms with E-state index in [1.807, 2.05) is 19.2 Å². The van der Waals surface area contributed by atoms with Crippen LogP contribution in [0.1, 0.15) is 17.2 Å². The van der Waals surface area contributed by atoms with Crippen LogP contribution in [0.4, 0.5) is 0 Å². The lowest BCUT2D eigenvalue weighted by atomic mass is 9.98. The standard InChI is InChI=1S/C16H18BrNOS/c1-18-16(12-6-4-5-7-15(12)20-3)13-10-11(17)8-9-14(13)19-2/h4-10,16,18H,1-3H3. The summed E-state index contributed by atoms with van der Waals surface area (Å²) in [5, 5.41) is 3.40. The van der Waals surface area contributed by atoms with Crippen LogP contribution in [0.3, 0.4) is 0 Å². The highest BCUT2D eigenvalue weighted by molar-refractivity contribution is 9.10. The van der Waals surface area contributed by atoms with Crippen LogP contribution >= 0.6 is 27.7 Å². The summed E-state index contributed by atoms with van der Waals surface area (Å²) in [5.74, 6) is 0.892. The molecule has 20 heavy (non-hydrogen) atoms. The van der Waals surface area contributed by atoms with Crippen LogP contribution in [-0.4, -0.2) is 20.4 Å². The maximum absolute atomic E-state index is 5.51. The van der Waals surface area contributed by atoms with Gasteiger partial charge in [-0.15, -0.1) is 11.8 Å². The molecule has 1 unspecified atom stereocenters. The van der Waals surface area contributed by atoms with E-state index in [1.165, 1.54) is 10.5 Å². The molecule has 2 aromatic carbocycles. The van der Waals surface area contributed by atoms with Gasteiger partial charge in [-0.1, -0.05) is 34.1 Å². The number of halogens is 1. The number of rotatable bonds is 5. The molecule has 0 aliphatic carbocycles. The Kier molecular flexibility index (Phi) is 5.52. The zero-order valence-corrected chi connectivity index (χ0v) is 14.2. The molecule has 0 amide bonds. The van der Waals surface area contributed by atoms with Crippen molar-refractivity contribution in [3.05, 3.63) is 58.1 Å². The van der Waals surface area contributed by atoms with Gasteiger partial charge in [0.1, 0.15) is 5.75 Å². The zero-order valence-electron chi connectivity index (χ0n) is 11.8. The minimum Gasteiger partial charge on any atom is -0.496 e. The third-order valence-electron chi connectivity index (χ3n) is 3.24. The first kappa shape index (κ1) is 15.4. The van der Waals surface area contributed by atoms with Gasteiger partial charge in [0.25, 0.3) is 0 Å². The molecule has 0 aromatic heterocycles. The van der Waals surface area contributed by atoms with Crippen LogP contribution in [-0.2, 0) is 0 Å². The van der Waals surface area contributed by atoms with E-state index in [1.54, 1.807) is 18.9 Å². The Morgan fingerprint density at radius 2 is 1.90 bits per heavy atom. The smallest absolute Gasteiger partial charge is 0.124 e. The van der Waals surface area contributed by atoms with Gasteiger partial charge in [0.15, 0.2) is 0 Å². The molecule has 0 heterocycles. The third-order valence-corrected chi connectivity index (χ3v) is 4.55. The molecule has 0 fully saturated rings. The topological polar surface area (TPSA) is 21.3 Å². The number of hydrogen-bond donors (Lipinski definition) is 1. The van der Waals surface area contributed by atoms with Crippen molar-refractivity contribution in [1.82, 2.24) is 5.32 Å². The lowest BCUT2D eigenvalue weighted by Gasteiger charge is -2.22. The second-order valence-electron chi connectivity index (χ2n) is 4.35. The summed E-state index contributed by atoms with van der Waals surface area (Å²) in [4.78, 5) is 1.27. The average molecular weight is 352 g/mol. The van der Waals surface area contributed by atoms with Crippen LogP contribution in [0.15, 0.2) is 51.8 Å². The lowest BCUT2D eigenvalue weighted by molar-refractivity contribution is 0.405. The van der Waals surface area contributed by atoms with Crippen molar-refractivity contribution in [2.75, 3.05) is 20.4 Å². The number of hydrogen-bond acceptors (Lipinski definition) is 3. The SMILES string of the molecule is CNC(c1cc(Br)ccc1OC)c1ccccc1SC. The molecule has 1 atom stereocenters. The van der Waals surface area contributed by atoms with E-state index in [2.05, 4.69) is 57.8 Å². The molecule has 2 rings (SSSR count). The predicted octanol–water partition coefficient (Wildman–Crippen LogP) is 4.49. The van der Waals surface area contributed by atoms with Crippen molar-refractivity contribution in [2.45, 2.75) is 10.9 Å². The highest BCUT2D eigenvalue weighted by atomic mass is 79.9. The van der Waals surface area contributed by atoms with E-state index in [4.69, 9.17) is 4.74 Å². The fourth-order valence-electron chi connectivity index (χ4n) is 2.31. The van der Waals surface area contributed by atoms with Crippen LogP contribution in [0, 0.1) is 0 Å². The van der Waals surface area contributed by atoms with E-state index in [0.717, 1.165) is 15.8 Å². The highest BCUT2D eigenvalue weighted by Crippen LogP contribution is 2.35. The molecule has 0 spiro atoms. The Bertz CT molecular complexity index is 588. The molecule has 0 aliphatic rings. The van der Waals surface area contributed by atoms with Gasteiger partial charge >= 0.3 is 0 Å². The monoisotopic (exact) mass is 351 g/mol. The van der Waals surface area contributed by atoms with Crippen molar-refractivity contribution in [3.8, 4) is 5.75 Å². The van der Waals surface area contributed by atoms with Crippen molar-refractivity contribution in [1.29, 1.82) is 0 Å². The summed E-state index contributed by atoms with van der Waals surface area (Å²) < 4.78 is 6.56. The second kappa shape index (κ2) is 7.16. The number of methoxy groups -OCH3 is 1. The number of thioether (sulfide) groups is 1. The van der Waals surface area contributed by atoms with E-state index >= 15 is 0 Å². The Hall–Kier alpha value is -0.970. The quantitative estimate of drug-likeness (QED) is 0.802. The van der Waals surface area contributed by atoms with Gasteiger partial charge in [-0.25, -0.2) is 0 Å². The Balaban J connectivity index is 2.55. The molecule has 0 radical (unpaired) electrons. The van der Waals surface area contributed by atoms with Gasteiger partial charge in [0.2, 0.25) is 0 Å². The largest absolute Gasteiger partial charge is 0.496 e. The summed E-state index contributed by atoms with van der Waals surface area (Å²) in [6.07, 6.45) is 2.10. The van der Waals surface area contributed by atoms with Crippen molar-refractivity contribution in [2.24, 2.45) is 0 Å². The van der Waals surface area contributed by atoms with Gasteiger partial charge in [0, 0.05) is 14.9 Å². The molecule has 2 nitrogen and oxygen atoms in total. The highest BCUT2D eigenvalue weighted by Gasteiger charge is 2.19. The van der Waals surface area contributed by atoms with Gasteiger partial charge < -0.3 is 10.1 Å². The Labute approximate surface area is 133 Å². The van der Waals surface area contributed by atoms with E-state index < -0.39 is 0 Å². The predicted molar refractivity (Wildman–Crippen MR) is 89.8 cm³/mol. The minimum atomic E-state index is 0.103. The summed E-state index contributed by atoms with van der Waals surface area (Å²) in [7, 11) is 3.68. The average Bonchev–Trinajstić information content (AvgIpc) is 2.49. The molecule has 1 N–H and O–H groups in total. The van der Waals surface area contributed by atoms with Crippen LogP contribution in [0.5, 0.6) is 5.75 Å². The maximum atomic E-state index is 5.51. The first-order valence-electron chi connectivity index (χ1n) is 6.35. The van der Waals surface area contributed by atoms with Crippen molar-refractivity contribution in [3.63, 3.8) is 0 Å². The first-order chi connectivity index (χ1) is 9.71. The normalized spacial score (nSPS) is 12.2. The Morgan fingerprint density at radius 3 is 2.55 bits per heavy atom. The maximum Gasteiger partial charge on any atom is 0.124 e. The molecular weight excluding hydrogens is 334 g/mol. The molecule has 106 valence electrons. The van der Waals surface area contributed by atoms with Gasteiger partial charge in [-0.05, 0) is 43.1 Å². The molecule has 4 heteroatoms. The summed E-state index contributed by atoms with van der Waals surface area (Å²) >= 11 is 5.30. The molecule has 0 aliphatic heterocycles. The van der Waals surface area contributed by atoms with Crippen molar-refractivity contribution < 1.29 is 4.74 Å². The summed E-state index contributed by atoms with van der Waals surface area (Å²) in [6.45, 7) is 0. The van der Waals surface area contributed by atoms with Crippen LogP contribution in [0.25, 0.3) is 0 Å². The van der Waals surface area contributed by atoms with Crippen LogP contribution in [0.2, 0.25) is 0 Å². The lowest BCUT2D eigenvalue weighted by Crippen LogP contribution is -2.19. The van der Waals surface area contributed by atoms with Crippen LogP contribution < -0.4 is 10.1 Å². The zero-order chi connectivity index (χ0) is 14.5. The summed E-state index contributed by atoms with van der Waals surface area (Å²) in [6, 6.07) is 14.6. The van der Waals surface area contributed by atoms with E-state index in [0.29, 0.717) is 0 Å². The van der Waals surface area contributed by atoms with E-state index in [9.17, 15) is 0 Å². The fourth-order valence-corrected chi connectivity index (χ4v) is 3.33. The summed E-state index contributed by atoms with van der Waals surface area (Å²) in [5.41, 5.74) is 2.39. The third kappa shape index (κ3) is 3.19. The molecule has 0 saturated carbocycles. The number of nitrogens with one attached hydrogen (secondary N) is 1. The first-order valence-corrected chi connectivity index (χ1v) is 8.36. The van der Waals surface area contributed by atoms with Gasteiger partial charge in [-0.2, -0.15) is 0 Å². The number of ether oxygens (including phenoxy) is 1. The van der Waals surface area contributed by atoms with Crippen molar-refractivity contribution >= 4 is 27.7 Å². The molecule has 0 saturated heterocycles. The van der Waals surface area contributed by atoms with E-state index in [-0.39, 0.29) is 6.04 Å². The molecule has 2 aromatic rings. The Morgan fingerprint density at radius 1 is 1.15 bits per heavy atom. The van der Waals surface area contributed by atoms with Gasteiger partial charge in [0.05, 0.1) is 13.2 Å². The molecular formula is C16H18BrNOS. The molecule has 0 bridgehead atoms. The van der Waals surface area contributed by atoms with Gasteiger partial charge in [-0.3, -0.25) is 0 Å². The fraction of sp³-hybridized carbons (Fsp3) is 0.250.